The van der Waals surface area contributed by atoms with E-state index in [2.05, 4.69) is 15.0 Å². The molecule has 3 aliphatic heterocycles. The van der Waals surface area contributed by atoms with Crippen molar-refractivity contribution >= 4 is 33.8 Å². The van der Waals surface area contributed by atoms with Crippen LogP contribution in [0.25, 0.3) is 22.6 Å². The minimum absolute atomic E-state index is 0.00203. The molecule has 71 heavy (non-hydrogen) atoms. The first kappa shape index (κ1) is 51.6. The fourth-order valence-corrected chi connectivity index (χ4v) is 11.1. The topological polar surface area (TPSA) is 216 Å². The molecule has 0 radical (unpaired) electrons. The number of hydrogen-bond donors (Lipinski definition) is 3. The second kappa shape index (κ2) is 20.0. The number of ether oxygens (including phenoxy) is 4. The number of hydrogen-bond acceptors (Lipinski definition) is 12. The Kier molecular flexibility index (Phi) is 14.5. The predicted octanol–water partition coefficient (Wildman–Crippen LogP) is 6.81. The number of nitrogens with one attached hydrogen (secondary N) is 2. The Balaban J connectivity index is 1.22. The third kappa shape index (κ3) is 10.6. The lowest BCUT2D eigenvalue weighted by molar-refractivity contribution is -0.263. The molecule has 384 valence electrons. The van der Waals surface area contributed by atoms with Crippen molar-refractivity contribution in [1.29, 1.82) is 0 Å². The summed E-state index contributed by atoms with van der Waals surface area (Å²) in [5.41, 5.74) is -2.94. The minimum Gasteiger partial charge on any atom is -0.491 e. The van der Waals surface area contributed by atoms with Gasteiger partial charge < -0.3 is 34.3 Å². The summed E-state index contributed by atoms with van der Waals surface area (Å²) in [7, 11) is -4.18. The highest BCUT2D eigenvalue weighted by molar-refractivity contribution is 7.91. The number of fused-ring (bicyclic) bond motifs is 2. The summed E-state index contributed by atoms with van der Waals surface area (Å²) >= 11 is 0. The molecule has 21 heteroatoms. The quantitative estimate of drug-likeness (QED) is 0.159. The number of rotatable bonds is 12. The largest absolute Gasteiger partial charge is 0.491 e. The highest BCUT2D eigenvalue weighted by Crippen LogP contribution is 2.48. The molecule has 4 fully saturated rings. The number of alkyl halides is 3. The van der Waals surface area contributed by atoms with Crippen molar-refractivity contribution in [3.63, 3.8) is 0 Å². The van der Waals surface area contributed by atoms with Gasteiger partial charge in [-0.2, -0.15) is 13.2 Å². The van der Waals surface area contributed by atoms with Crippen molar-refractivity contribution in [3.05, 3.63) is 72.9 Å². The molecule has 8 rings (SSSR count). The van der Waals surface area contributed by atoms with Crippen LogP contribution in [0.5, 0.6) is 11.5 Å². The maximum absolute atomic E-state index is 15.6. The summed E-state index contributed by atoms with van der Waals surface area (Å²) in [6, 6.07) is 12.0. The molecule has 1 unspecified atom stereocenters. The van der Waals surface area contributed by atoms with E-state index in [0.29, 0.717) is 47.7 Å². The molecule has 1 aromatic carbocycles. The number of sulfonamides is 1. The van der Waals surface area contributed by atoms with Crippen LogP contribution in [0.4, 0.5) is 18.0 Å². The lowest BCUT2D eigenvalue weighted by Gasteiger charge is -2.50. The molecule has 2 aliphatic carbocycles. The maximum Gasteiger partial charge on any atom is 0.414 e. The first-order chi connectivity index (χ1) is 33.6. The van der Waals surface area contributed by atoms with Gasteiger partial charge in [0.15, 0.2) is 5.54 Å². The number of halogens is 3. The van der Waals surface area contributed by atoms with E-state index in [-0.39, 0.29) is 55.5 Å². The van der Waals surface area contributed by atoms with E-state index in [0.717, 1.165) is 4.90 Å². The number of carbonyl (C=O) groups excluding carboxylic acids is 3. The van der Waals surface area contributed by atoms with E-state index in [9.17, 15) is 23.1 Å². The van der Waals surface area contributed by atoms with Gasteiger partial charge in [-0.25, -0.2) is 18.2 Å². The van der Waals surface area contributed by atoms with Gasteiger partial charge >= 0.3 is 12.3 Å². The van der Waals surface area contributed by atoms with Crippen LogP contribution in [-0.4, -0.2) is 135 Å². The molecular formula is C50H61F3N6O11S. The predicted molar refractivity (Wildman–Crippen MR) is 252 cm³/mol. The number of carboxylic acid groups (broad SMARTS) is 1. The first-order valence-corrected chi connectivity index (χ1v) is 25.6. The molecule has 2 aromatic heterocycles. The number of carbonyl (C=O) groups is 4. The molecule has 5 aliphatic rings. The standard InChI is InChI=1S/C50H61F3N6O11S/c1-6-41-42(59(46(63)64)48(50(51,52)53)19-11-23-67-29-48)44(61)58-28-36(70-35-24-38(32-15-17-34(18-16-32)68-30(2)3)55-39(25-35)37-14-9-10-22-54-37)26-40(58)43(60)56-49(27-33(49)13-8-7-12-31(4)69-41)45(62)57-71(65,66)47(5)20-21-47/h8-10,13-18,22,24-25,30-31,33,36,40-42H,6-7,11-12,19-21,23,26-29H2,1-5H3,(H,56,60)(H,57,62)(H,63,64)/b13-8-/t31-,33-,36-,40+,41+,42+,48?,49-/m1/s1. The number of allylic oxidation sites excluding steroid dienone is 1. The van der Waals surface area contributed by atoms with E-state index in [4.69, 9.17) is 23.9 Å². The van der Waals surface area contributed by atoms with Crippen molar-refractivity contribution < 1.29 is 64.8 Å². The first-order valence-electron chi connectivity index (χ1n) is 24.2. The number of benzene rings is 1. The van der Waals surface area contributed by atoms with Crippen molar-refractivity contribution in [2.24, 2.45) is 5.92 Å². The van der Waals surface area contributed by atoms with E-state index in [1.165, 1.54) is 6.92 Å². The van der Waals surface area contributed by atoms with Crippen LogP contribution >= 0.6 is 0 Å². The van der Waals surface area contributed by atoms with E-state index in [1.807, 2.05) is 26.0 Å². The summed E-state index contributed by atoms with van der Waals surface area (Å²) in [5.74, 6) is -2.88. The van der Waals surface area contributed by atoms with Gasteiger partial charge in [-0.3, -0.25) is 29.0 Å². The number of nitrogens with zero attached hydrogens (tertiary/aromatic N) is 4. The zero-order chi connectivity index (χ0) is 51.1. The molecule has 0 spiro atoms. The Hall–Kier alpha value is -5.80. The van der Waals surface area contributed by atoms with Crippen LogP contribution in [0.2, 0.25) is 0 Å². The maximum atomic E-state index is 15.6. The van der Waals surface area contributed by atoms with Gasteiger partial charge in [0, 0.05) is 42.8 Å². The van der Waals surface area contributed by atoms with E-state index < -0.39 is 112 Å². The molecule has 4 amide bonds. The molecule has 17 nitrogen and oxygen atoms in total. The average Bonchev–Trinajstić information content (AvgIpc) is 4.21. The molecule has 3 aromatic rings. The Bertz CT molecular complexity index is 2610. The molecule has 2 saturated carbocycles. The molecule has 8 atom stereocenters. The lowest BCUT2D eigenvalue weighted by atomic mass is 9.86. The zero-order valence-corrected chi connectivity index (χ0v) is 41.1. The Labute approximate surface area is 410 Å². The van der Waals surface area contributed by atoms with E-state index >= 15 is 22.8 Å². The third-order valence-electron chi connectivity index (χ3n) is 14.2. The lowest BCUT2D eigenvalue weighted by Crippen LogP contribution is -2.72. The normalized spacial score (nSPS) is 29.3. The van der Waals surface area contributed by atoms with Crippen molar-refractivity contribution in [2.75, 3.05) is 19.8 Å². The SMILES string of the molecule is CC[C@@H]1O[C@H](C)CC/C=C\[C@@H]2C[C@@]2(C(=O)NS(=O)(=O)C2(C)CC2)NC(=O)[C@@H]2C[C@@H](Oc3cc(-c4ccc(OC(C)C)cc4)nc(-c4ccccn4)c3)CN2C(=O)[C@H]1N(C(=O)O)C1(C(F)(F)F)CCCOC1. The van der Waals surface area contributed by atoms with Gasteiger partial charge in [-0.15, -0.1) is 0 Å². The monoisotopic (exact) mass is 1010 g/mol. The summed E-state index contributed by atoms with van der Waals surface area (Å²) in [4.78, 5) is 68.9. The fraction of sp³-hybridized carbons (Fsp3) is 0.560. The van der Waals surface area contributed by atoms with Crippen LogP contribution in [0, 0.1) is 5.92 Å². The Morgan fingerprint density at radius 3 is 2.41 bits per heavy atom. The van der Waals surface area contributed by atoms with Crippen LogP contribution in [0.3, 0.4) is 0 Å². The zero-order valence-electron chi connectivity index (χ0n) is 40.3. The minimum atomic E-state index is -5.23. The number of amides is 4. The van der Waals surface area contributed by atoms with Crippen molar-refractivity contribution in [1.82, 2.24) is 29.8 Å². The summed E-state index contributed by atoms with van der Waals surface area (Å²) < 4.78 is 98.9. The van der Waals surface area contributed by atoms with Crippen LogP contribution < -0.4 is 19.5 Å². The van der Waals surface area contributed by atoms with Crippen LogP contribution in [0.15, 0.2) is 72.9 Å². The number of pyridine rings is 2. The van der Waals surface area contributed by atoms with Crippen molar-refractivity contribution in [2.45, 2.75) is 151 Å². The molecule has 5 heterocycles. The summed E-state index contributed by atoms with van der Waals surface area (Å²) in [6.07, 6.45) is -5.57. The van der Waals surface area contributed by atoms with Crippen LogP contribution in [-0.2, 0) is 33.9 Å². The second-order valence-electron chi connectivity index (χ2n) is 19.8. The molecule has 2 saturated heterocycles. The second-order valence-corrected chi connectivity index (χ2v) is 22.0. The van der Waals surface area contributed by atoms with Gasteiger partial charge in [-0.1, -0.05) is 25.1 Å². The highest BCUT2D eigenvalue weighted by Gasteiger charge is 2.66. The number of aromatic nitrogens is 2. The summed E-state index contributed by atoms with van der Waals surface area (Å²) in [5, 5.41) is 13.7. The van der Waals surface area contributed by atoms with Gasteiger partial charge in [-0.05, 0) is 115 Å². The Morgan fingerprint density at radius 2 is 1.79 bits per heavy atom. The smallest absolute Gasteiger partial charge is 0.414 e. The molecule has 0 bridgehead atoms. The van der Waals surface area contributed by atoms with Gasteiger partial charge in [0.05, 0.1) is 53.3 Å². The summed E-state index contributed by atoms with van der Waals surface area (Å²) in [6.45, 7) is 6.96. The van der Waals surface area contributed by atoms with Gasteiger partial charge in [0.2, 0.25) is 21.8 Å². The average molecular weight is 1010 g/mol. The molecular weight excluding hydrogens is 950 g/mol. The van der Waals surface area contributed by atoms with E-state index in [1.54, 1.807) is 74.7 Å². The third-order valence-corrected chi connectivity index (χ3v) is 16.4. The molecule has 3 N–H and O–H groups in total. The fourth-order valence-electron chi connectivity index (χ4n) is 9.83. The highest BCUT2D eigenvalue weighted by atomic mass is 32.2. The van der Waals surface area contributed by atoms with Crippen molar-refractivity contribution in [3.8, 4) is 34.1 Å². The Morgan fingerprint density at radius 1 is 1.06 bits per heavy atom. The van der Waals surface area contributed by atoms with Gasteiger partial charge in [0.1, 0.15) is 35.2 Å². The van der Waals surface area contributed by atoms with Gasteiger partial charge in [0.25, 0.3) is 5.91 Å². The van der Waals surface area contributed by atoms with Crippen LogP contribution in [0.1, 0.15) is 92.4 Å².